The Labute approximate surface area is 81.3 Å². The van der Waals surface area contributed by atoms with Crippen molar-refractivity contribution < 1.29 is 4.79 Å². The largest absolute Gasteiger partial charge is 0.294 e. The molecule has 0 aromatic carbocycles. The second kappa shape index (κ2) is 2.92. The third-order valence-corrected chi connectivity index (χ3v) is 4.46. The molecule has 1 aromatic rings. The van der Waals surface area contributed by atoms with E-state index in [9.17, 15) is 4.79 Å². The zero-order valence-corrected chi connectivity index (χ0v) is 8.81. The van der Waals surface area contributed by atoms with Crippen LogP contribution in [0.4, 0.5) is 0 Å². The van der Waals surface area contributed by atoms with Crippen LogP contribution in [0, 0.1) is 0 Å². The molecule has 0 saturated heterocycles. The Morgan fingerprint density at radius 1 is 1.55 bits per heavy atom. The van der Waals surface area contributed by atoms with Crippen LogP contribution in [-0.4, -0.2) is 11.5 Å². The molecule has 1 aliphatic rings. The average Bonchev–Trinajstić information content (AvgIpc) is 2.31. The summed E-state index contributed by atoms with van der Waals surface area (Å²) >= 11 is 6.81. The first-order chi connectivity index (χ1) is 5.27. The molecule has 0 bridgehead atoms. The Kier molecular flexibility index (Phi) is 2.08. The predicted molar refractivity (Wildman–Crippen MR) is 51.7 cm³/mol. The van der Waals surface area contributed by atoms with E-state index >= 15 is 0 Å². The summed E-state index contributed by atoms with van der Waals surface area (Å²) in [6.45, 7) is 0. The summed E-state index contributed by atoms with van der Waals surface area (Å²) < 4.78 is 2.23. The standard InChI is InChI=1S/C7H5BrOS2/c8-6-3-4-5(9)1-2-10-7(4)11-6/h3H,1-2H2. The second-order valence-electron chi connectivity index (χ2n) is 2.27. The number of Topliss-reactive ketones (excluding diaryl/α,β-unsaturated/α-hetero) is 1. The fourth-order valence-electron chi connectivity index (χ4n) is 1.02. The molecule has 1 aliphatic heterocycles. The molecule has 0 unspecified atom stereocenters. The number of carbonyl (C=O) groups excluding carboxylic acids is 1. The van der Waals surface area contributed by atoms with Gasteiger partial charge in [-0.25, -0.2) is 0 Å². The van der Waals surface area contributed by atoms with Crippen LogP contribution in [-0.2, 0) is 0 Å². The Morgan fingerprint density at radius 2 is 2.36 bits per heavy atom. The van der Waals surface area contributed by atoms with Crippen LogP contribution in [0.3, 0.4) is 0 Å². The van der Waals surface area contributed by atoms with E-state index < -0.39 is 0 Å². The number of rotatable bonds is 0. The van der Waals surface area contributed by atoms with E-state index in [-0.39, 0.29) is 0 Å². The van der Waals surface area contributed by atoms with Gasteiger partial charge >= 0.3 is 0 Å². The van der Waals surface area contributed by atoms with Crippen molar-refractivity contribution in [3.63, 3.8) is 0 Å². The quantitative estimate of drug-likeness (QED) is 0.702. The molecule has 0 saturated carbocycles. The van der Waals surface area contributed by atoms with Crippen LogP contribution in [0.15, 0.2) is 14.1 Å². The van der Waals surface area contributed by atoms with Gasteiger partial charge in [0.05, 0.1) is 8.00 Å². The molecule has 0 amide bonds. The summed E-state index contributed by atoms with van der Waals surface area (Å²) in [7, 11) is 0. The molecule has 58 valence electrons. The normalized spacial score (nSPS) is 16.6. The van der Waals surface area contributed by atoms with E-state index in [2.05, 4.69) is 15.9 Å². The fourth-order valence-corrected chi connectivity index (χ4v) is 4.25. The lowest BCUT2D eigenvalue weighted by molar-refractivity contribution is 0.0985. The minimum atomic E-state index is 0.292. The maximum Gasteiger partial charge on any atom is 0.165 e. The summed E-state index contributed by atoms with van der Waals surface area (Å²) in [4.78, 5) is 11.3. The van der Waals surface area contributed by atoms with Crippen molar-refractivity contribution in [2.24, 2.45) is 0 Å². The van der Waals surface area contributed by atoms with E-state index in [1.807, 2.05) is 6.07 Å². The van der Waals surface area contributed by atoms with Gasteiger partial charge in [-0.05, 0) is 22.0 Å². The van der Waals surface area contributed by atoms with Gasteiger partial charge in [-0.15, -0.1) is 23.1 Å². The number of ketones is 1. The summed E-state index contributed by atoms with van der Waals surface area (Å²) in [5.74, 6) is 1.24. The average molecular weight is 249 g/mol. The minimum absolute atomic E-state index is 0.292. The topological polar surface area (TPSA) is 17.1 Å². The first-order valence-corrected chi connectivity index (χ1v) is 5.82. The molecule has 1 nitrogen and oxygen atoms in total. The van der Waals surface area contributed by atoms with Crippen LogP contribution in [0.25, 0.3) is 0 Å². The van der Waals surface area contributed by atoms with Gasteiger partial charge in [0.2, 0.25) is 0 Å². The summed E-state index contributed by atoms with van der Waals surface area (Å²) in [6.07, 6.45) is 0.695. The molecule has 2 heterocycles. The lowest BCUT2D eigenvalue weighted by Gasteiger charge is -2.07. The van der Waals surface area contributed by atoms with Crippen molar-refractivity contribution >= 4 is 44.8 Å². The highest BCUT2D eigenvalue weighted by atomic mass is 79.9. The minimum Gasteiger partial charge on any atom is -0.294 e. The van der Waals surface area contributed by atoms with Crippen LogP contribution in [0.2, 0.25) is 0 Å². The molecular weight excluding hydrogens is 244 g/mol. The second-order valence-corrected chi connectivity index (χ2v) is 6.07. The fraction of sp³-hybridized carbons (Fsp3) is 0.286. The molecule has 11 heavy (non-hydrogen) atoms. The van der Waals surface area contributed by atoms with E-state index in [4.69, 9.17) is 0 Å². The van der Waals surface area contributed by atoms with Crippen molar-refractivity contribution in [1.82, 2.24) is 0 Å². The molecule has 1 aromatic heterocycles. The molecule has 0 N–H and O–H groups in total. The lowest BCUT2D eigenvalue weighted by atomic mass is 10.2. The third kappa shape index (κ3) is 1.39. The number of carbonyl (C=O) groups is 1. The zero-order chi connectivity index (χ0) is 7.84. The third-order valence-electron chi connectivity index (χ3n) is 1.53. The Morgan fingerprint density at radius 3 is 3.09 bits per heavy atom. The maximum atomic E-state index is 11.3. The molecule has 0 atom stereocenters. The summed E-state index contributed by atoms with van der Waals surface area (Å²) in [5.41, 5.74) is 0.915. The van der Waals surface area contributed by atoms with Crippen molar-refractivity contribution in [3.8, 4) is 0 Å². The predicted octanol–water partition coefficient (Wildman–Crippen LogP) is 3.19. The van der Waals surface area contributed by atoms with Crippen LogP contribution in [0.1, 0.15) is 16.8 Å². The summed E-state index contributed by atoms with van der Waals surface area (Å²) in [5, 5.41) is 0. The van der Waals surface area contributed by atoms with E-state index in [1.54, 1.807) is 23.1 Å². The van der Waals surface area contributed by atoms with Gasteiger partial charge in [0.15, 0.2) is 5.78 Å². The smallest absolute Gasteiger partial charge is 0.165 e. The highest BCUT2D eigenvalue weighted by molar-refractivity contribution is 9.11. The van der Waals surface area contributed by atoms with Crippen molar-refractivity contribution in [3.05, 3.63) is 15.4 Å². The Bertz CT molecular complexity index is 305. The number of hydrogen-bond acceptors (Lipinski definition) is 3. The van der Waals surface area contributed by atoms with Crippen LogP contribution in [0.5, 0.6) is 0 Å². The van der Waals surface area contributed by atoms with Crippen LogP contribution >= 0.6 is 39.0 Å². The van der Waals surface area contributed by atoms with Crippen LogP contribution < -0.4 is 0 Å². The van der Waals surface area contributed by atoms with Gasteiger partial charge in [0, 0.05) is 17.7 Å². The summed E-state index contributed by atoms with van der Waals surface area (Å²) in [6, 6.07) is 1.93. The van der Waals surface area contributed by atoms with Crippen molar-refractivity contribution in [2.45, 2.75) is 10.6 Å². The molecule has 2 rings (SSSR count). The molecule has 0 radical (unpaired) electrons. The van der Waals surface area contributed by atoms with Gasteiger partial charge in [-0.3, -0.25) is 4.79 Å². The molecule has 0 spiro atoms. The SMILES string of the molecule is O=C1CCSc2sc(Br)cc21. The lowest BCUT2D eigenvalue weighted by Crippen LogP contribution is -2.04. The van der Waals surface area contributed by atoms with E-state index in [0.29, 0.717) is 12.2 Å². The van der Waals surface area contributed by atoms with E-state index in [1.165, 1.54) is 4.21 Å². The first kappa shape index (κ1) is 7.83. The number of fused-ring (bicyclic) bond motifs is 1. The van der Waals surface area contributed by atoms with Crippen molar-refractivity contribution in [1.29, 1.82) is 0 Å². The number of thioether (sulfide) groups is 1. The maximum absolute atomic E-state index is 11.3. The number of hydrogen-bond donors (Lipinski definition) is 0. The van der Waals surface area contributed by atoms with Gasteiger partial charge in [-0.1, -0.05) is 0 Å². The Hall–Kier alpha value is 0.200. The van der Waals surface area contributed by atoms with Gasteiger partial charge in [-0.2, -0.15) is 0 Å². The van der Waals surface area contributed by atoms with Crippen molar-refractivity contribution in [2.75, 3.05) is 5.75 Å². The first-order valence-electron chi connectivity index (χ1n) is 3.23. The molecule has 0 fully saturated rings. The van der Waals surface area contributed by atoms with Gasteiger partial charge in [0.1, 0.15) is 0 Å². The van der Waals surface area contributed by atoms with E-state index in [0.717, 1.165) is 15.1 Å². The zero-order valence-electron chi connectivity index (χ0n) is 5.59. The van der Waals surface area contributed by atoms with Gasteiger partial charge in [0.25, 0.3) is 0 Å². The molecule has 0 aliphatic carbocycles. The Balaban J connectivity index is 2.52. The highest BCUT2D eigenvalue weighted by Gasteiger charge is 2.19. The molecule has 4 heteroatoms. The highest BCUT2D eigenvalue weighted by Crippen LogP contribution is 2.39. The number of thiophene rings is 1. The number of halogens is 1. The van der Waals surface area contributed by atoms with Gasteiger partial charge < -0.3 is 0 Å². The molecular formula is C7H5BrOS2. The monoisotopic (exact) mass is 248 g/mol.